The Kier molecular flexibility index (Phi) is 45.7. The van der Waals surface area contributed by atoms with Crippen molar-refractivity contribution in [3.8, 4) is 0 Å². The number of rotatable bonds is 50. The molecule has 11 heteroatoms. The van der Waals surface area contributed by atoms with Gasteiger partial charge in [0.2, 0.25) is 0 Å². The zero-order valence-corrected chi connectivity index (χ0v) is 40.7. The second kappa shape index (κ2) is 46.7. The molecule has 0 heterocycles. The summed E-state index contributed by atoms with van der Waals surface area (Å²) in [6.45, 7) is 3.94. The van der Waals surface area contributed by atoms with E-state index in [1.54, 1.807) is 0 Å². The molecule has 0 amide bonds. The van der Waals surface area contributed by atoms with E-state index in [0.29, 0.717) is 13.0 Å². The van der Waals surface area contributed by atoms with E-state index in [9.17, 15) is 19.0 Å². The molecule has 362 valence electrons. The summed E-state index contributed by atoms with van der Waals surface area (Å²) in [4.78, 5) is 33.7. The number of aliphatic carboxylic acids is 1. The summed E-state index contributed by atoms with van der Waals surface area (Å²) in [5.41, 5.74) is 5.37. The maximum atomic E-state index is 12.7. The molecule has 0 aromatic rings. The van der Waals surface area contributed by atoms with Crippen LogP contribution in [0.5, 0.6) is 0 Å². The Morgan fingerprint density at radius 3 is 1.25 bits per heavy atom. The van der Waals surface area contributed by atoms with Crippen molar-refractivity contribution in [1.29, 1.82) is 0 Å². The number of carbonyl (C=O) groups is 2. The van der Waals surface area contributed by atoms with E-state index in [0.717, 1.165) is 32.1 Å². The maximum absolute atomic E-state index is 12.7. The van der Waals surface area contributed by atoms with Gasteiger partial charge in [0.25, 0.3) is 0 Å². The van der Waals surface area contributed by atoms with Crippen molar-refractivity contribution >= 4 is 19.8 Å². The van der Waals surface area contributed by atoms with Gasteiger partial charge in [0.15, 0.2) is 0 Å². The lowest BCUT2D eigenvalue weighted by Crippen LogP contribution is -2.34. The van der Waals surface area contributed by atoms with Crippen LogP contribution in [0.2, 0.25) is 0 Å². The van der Waals surface area contributed by atoms with Crippen LogP contribution in [0.1, 0.15) is 258 Å². The van der Waals surface area contributed by atoms with Crippen LogP contribution in [0.15, 0.2) is 12.2 Å². The van der Waals surface area contributed by atoms with E-state index in [1.807, 2.05) is 0 Å². The van der Waals surface area contributed by atoms with Crippen LogP contribution < -0.4 is 5.73 Å². The van der Waals surface area contributed by atoms with Crippen LogP contribution in [0.3, 0.4) is 0 Å². The van der Waals surface area contributed by atoms with Gasteiger partial charge < -0.3 is 25.2 Å². The molecule has 0 aliphatic heterocycles. The molecule has 0 spiro atoms. The summed E-state index contributed by atoms with van der Waals surface area (Å²) >= 11 is 0. The lowest BCUT2D eigenvalue weighted by Gasteiger charge is -2.20. The quantitative estimate of drug-likeness (QED) is 0.0233. The number of carbonyl (C=O) groups excluding carboxylic acids is 1. The molecule has 0 aromatic carbocycles. The fraction of sp³-hybridized carbons (Fsp3) is 0.920. The van der Waals surface area contributed by atoms with Crippen LogP contribution in [-0.4, -0.2) is 60.5 Å². The van der Waals surface area contributed by atoms with Gasteiger partial charge in [-0.3, -0.25) is 18.6 Å². The van der Waals surface area contributed by atoms with Gasteiger partial charge in [-0.05, 0) is 38.5 Å². The number of nitrogens with two attached hydrogens (primary N) is 1. The normalized spacial score (nSPS) is 13.8. The highest BCUT2D eigenvalue weighted by atomic mass is 31.2. The van der Waals surface area contributed by atoms with E-state index in [4.69, 9.17) is 29.4 Å². The molecule has 0 aromatic heterocycles. The molecule has 0 saturated heterocycles. The molecule has 0 aliphatic carbocycles. The van der Waals surface area contributed by atoms with Gasteiger partial charge in [0, 0.05) is 13.0 Å². The van der Waals surface area contributed by atoms with Crippen LogP contribution in [0, 0.1) is 0 Å². The minimum atomic E-state index is -4.62. The van der Waals surface area contributed by atoms with Crippen LogP contribution in [0.4, 0.5) is 0 Å². The third-order valence-electron chi connectivity index (χ3n) is 11.5. The van der Waals surface area contributed by atoms with Gasteiger partial charge in [-0.1, -0.05) is 225 Å². The Morgan fingerprint density at radius 1 is 0.508 bits per heavy atom. The minimum absolute atomic E-state index is 0.0234. The summed E-state index contributed by atoms with van der Waals surface area (Å²) < 4.78 is 33.5. The predicted molar refractivity (Wildman–Crippen MR) is 254 cm³/mol. The number of esters is 1. The summed E-state index contributed by atoms with van der Waals surface area (Å²) in [5, 5.41) is 8.92. The molecular formula is C50H98NO9P. The number of unbranched alkanes of at least 4 members (excludes halogenated alkanes) is 34. The average Bonchev–Trinajstić information content (AvgIpc) is 3.24. The van der Waals surface area contributed by atoms with Crippen molar-refractivity contribution in [1.82, 2.24) is 0 Å². The van der Waals surface area contributed by atoms with Crippen molar-refractivity contribution in [2.24, 2.45) is 5.73 Å². The van der Waals surface area contributed by atoms with E-state index < -0.39 is 45.1 Å². The van der Waals surface area contributed by atoms with Crippen LogP contribution in [-0.2, 0) is 32.7 Å². The number of ether oxygens (including phenoxy) is 2. The second-order valence-electron chi connectivity index (χ2n) is 17.7. The molecule has 0 rings (SSSR count). The number of phosphoric ester groups is 1. The predicted octanol–water partition coefficient (Wildman–Crippen LogP) is 14.9. The largest absolute Gasteiger partial charge is 0.480 e. The number of allylic oxidation sites excluding steroid dienone is 2. The van der Waals surface area contributed by atoms with E-state index in [-0.39, 0.29) is 13.0 Å². The fourth-order valence-electron chi connectivity index (χ4n) is 7.54. The molecule has 61 heavy (non-hydrogen) atoms. The first-order valence-electron chi connectivity index (χ1n) is 25.7. The molecule has 10 nitrogen and oxygen atoms in total. The fourth-order valence-corrected chi connectivity index (χ4v) is 8.32. The maximum Gasteiger partial charge on any atom is 0.472 e. The molecule has 0 saturated carbocycles. The van der Waals surface area contributed by atoms with Crippen LogP contribution >= 0.6 is 7.82 Å². The van der Waals surface area contributed by atoms with Gasteiger partial charge in [-0.15, -0.1) is 0 Å². The minimum Gasteiger partial charge on any atom is -0.480 e. The second-order valence-corrected chi connectivity index (χ2v) is 19.1. The molecule has 0 bridgehead atoms. The highest BCUT2D eigenvalue weighted by molar-refractivity contribution is 7.47. The molecule has 0 radical (unpaired) electrons. The standard InChI is InChI=1S/C50H98NO9P/c1-3-5-7-9-11-13-15-17-19-21-22-23-24-25-26-27-28-30-32-34-36-38-40-42-49(52)60-47(45-58-61(55,56)59-46-48(51)50(53)54)44-57-43-41-39-37-35-33-31-29-20-18-16-14-12-10-8-6-4-2/h21-22,47-48H,3-20,23-46,51H2,1-2H3,(H,53,54)(H,55,56)/b22-21-. The number of phosphoric acid groups is 1. The van der Waals surface area contributed by atoms with E-state index in [2.05, 4.69) is 26.0 Å². The highest BCUT2D eigenvalue weighted by Gasteiger charge is 2.27. The van der Waals surface area contributed by atoms with Crippen molar-refractivity contribution < 1.29 is 42.7 Å². The molecule has 0 aliphatic rings. The Labute approximate surface area is 375 Å². The van der Waals surface area contributed by atoms with Crippen molar-refractivity contribution in [3.63, 3.8) is 0 Å². The van der Waals surface area contributed by atoms with Crippen molar-refractivity contribution in [2.45, 2.75) is 270 Å². The Bertz CT molecular complexity index is 1030. The first-order chi connectivity index (χ1) is 29.7. The monoisotopic (exact) mass is 888 g/mol. The zero-order chi connectivity index (χ0) is 44.8. The lowest BCUT2D eigenvalue weighted by atomic mass is 10.0. The molecule has 0 fully saturated rings. The topological polar surface area (TPSA) is 155 Å². The van der Waals surface area contributed by atoms with Gasteiger partial charge in [-0.2, -0.15) is 0 Å². The van der Waals surface area contributed by atoms with E-state index in [1.165, 1.54) is 199 Å². The molecule has 3 unspecified atom stereocenters. The Morgan fingerprint density at radius 2 is 0.852 bits per heavy atom. The summed E-state index contributed by atoms with van der Waals surface area (Å²) in [6, 6.07) is -1.47. The Balaban J connectivity index is 4.08. The summed E-state index contributed by atoms with van der Waals surface area (Å²) in [5.74, 6) is -1.77. The zero-order valence-electron chi connectivity index (χ0n) is 39.8. The molecule has 3 atom stereocenters. The highest BCUT2D eigenvalue weighted by Crippen LogP contribution is 2.43. The third-order valence-corrected chi connectivity index (χ3v) is 12.5. The third kappa shape index (κ3) is 46.5. The number of hydrogen-bond donors (Lipinski definition) is 3. The van der Waals surface area contributed by atoms with Crippen LogP contribution in [0.25, 0.3) is 0 Å². The number of carboxylic acid groups (broad SMARTS) is 1. The smallest absolute Gasteiger partial charge is 0.472 e. The van der Waals surface area contributed by atoms with Crippen molar-refractivity contribution in [2.75, 3.05) is 26.4 Å². The number of hydrogen-bond acceptors (Lipinski definition) is 8. The molecular weight excluding hydrogens is 790 g/mol. The van der Waals surface area contributed by atoms with Gasteiger partial charge >= 0.3 is 19.8 Å². The van der Waals surface area contributed by atoms with Gasteiger partial charge in [-0.25, -0.2) is 4.57 Å². The molecule has 4 N–H and O–H groups in total. The SMILES string of the molecule is CCCCCCCCCC/C=C\CCCCCCCCCCCCCC(=O)OC(COCCCCCCCCCCCCCCCCCC)COP(=O)(O)OCC(N)C(=O)O. The van der Waals surface area contributed by atoms with E-state index >= 15 is 0 Å². The Hall–Kier alpha value is -1.29. The van der Waals surface area contributed by atoms with Gasteiger partial charge in [0.1, 0.15) is 12.1 Å². The first-order valence-corrected chi connectivity index (χ1v) is 27.2. The number of carboxylic acids is 1. The first kappa shape index (κ1) is 59.7. The average molecular weight is 888 g/mol. The lowest BCUT2D eigenvalue weighted by molar-refractivity contribution is -0.154. The van der Waals surface area contributed by atoms with Crippen molar-refractivity contribution in [3.05, 3.63) is 12.2 Å². The summed E-state index contributed by atoms with van der Waals surface area (Å²) in [6.07, 6.45) is 51.2. The summed E-state index contributed by atoms with van der Waals surface area (Å²) in [7, 11) is -4.62. The van der Waals surface area contributed by atoms with Gasteiger partial charge in [0.05, 0.1) is 19.8 Å².